The molecule has 0 aliphatic rings. The largest absolute Gasteiger partial charge is 0.462 e. The summed E-state index contributed by atoms with van der Waals surface area (Å²) in [6.45, 7) is 6.13. The zero-order valence-corrected chi connectivity index (χ0v) is 24.4. The summed E-state index contributed by atoms with van der Waals surface area (Å²) in [6.07, 6.45) is 3.38. The second-order valence-corrected chi connectivity index (χ2v) is 11.5. The predicted molar refractivity (Wildman–Crippen MR) is 169 cm³/mol. The van der Waals surface area contributed by atoms with E-state index in [1.54, 1.807) is 30.7 Å². The van der Waals surface area contributed by atoms with Gasteiger partial charge in [-0.25, -0.2) is 9.78 Å². The summed E-state index contributed by atoms with van der Waals surface area (Å²) in [4.78, 5) is 39.1. The van der Waals surface area contributed by atoms with E-state index in [0.717, 1.165) is 42.4 Å². The van der Waals surface area contributed by atoms with Crippen LogP contribution in [0.2, 0.25) is 0 Å². The van der Waals surface area contributed by atoms with E-state index < -0.39 is 0 Å². The van der Waals surface area contributed by atoms with Crippen LogP contribution >= 0.6 is 22.7 Å². The quantitative estimate of drug-likeness (QED) is 0.204. The van der Waals surface area contributed by atoms with Gasteiger partial charge in [0.15, 0.2) is 0 Å². The first-order chi connectivity index (χ1) is 19.9. The molecule has 0 aliphatic carbocycles. The van der Waals surface area contributed by atoms with Gasteiger partial charge in [0.05, 0.1) is 12.0 Å². The first-order valence-electron chi connectivity index (χ1n) is 13.0. The van der Waals surface area contributed by atoms with Gasteiger partial charge in [0.25, 0.3) is 5.56 Å². The molecule has 9 heteroatoms. The molecule has 0 saturated carbocycles. The molecule has 0 fully saturated rings. The van der Waals surface area contributed by atoms with Crippen LogP contribution in [-0.4, -0.2) is 27.5 Å². The number of aryl methyl sites for hydroxylation is 2. The first kappa shape index (κ1) is 27.9. The lowest BCUT2D eigenvalue weighted by Crippen LogP contribution is -2.09. The van der Waals surface area contributed by atoms with Gasteiger partial charge >= 0.3 is 5.97 Å². The minimum absolute atomic E-state index is 0.106. The van der Waals surface area contributed by atoms with Gasteiger partial charge in [0.2, 0.25) is 0 Å². The lowest BCUT2D eigenvalue weighted by molar-refractivity contribution is 0.0529. The van der Waals surface area contributed by atoms with Crippen molar-refractivity contribution >= 4 is 43.9 Å². The Morgan fingerprint density at radius 1 is 0.854 bits per heavy atom. The molecule has 0 spiro atoms. The molecule has 0 amide bonds. The SMILES string of the molecule is CCOC(=O)c1c(N)sc(C)c1-c1ccccc1.Cc1sc2nc(-c3ccncc3)[nH]c(=O)c2c1-c1ccccc1. The van der Waals surface area contributed by atoms with Crippen molar-refractivity contribution in [3.63, 3.8) is 0 Å². The average Bonchev–Trinajstić information content (AvgIpc) is 3.49. The summed E-state index contributed by atoms with van der Waals surface area (Å²) in [5.41, 5.74) is 11.1. The van der Waals surface area contributed by atoms with E-state index in [1.807, 2.05) is 86.6 Å². The lowest BCUT2D eigenvalue weighted by Gasteiger charge is -2.06. The summed E-state index contributed by atoms with van der Waals surface area (Å²) in [5.74, 6) is 0.226. The molecule has 2 aromatic carbocycles. The highest BCUT2D eigenvalue weighted by atomic mass is 32.1. The third-order valence-corrected chi connectivity index (χ3v) is 8.34. The summed E-state index contributed by atoms with van der Waals surface area (Å²) in [6, 6.07) is 23.4. The number of carbonyl (C=O) groups is 1. The molecule has 4 aromatic heterocycles. The number of hydrogen-bond donors (Lipinski definition) is 2. The second kappa shape index (κ2) is 12.3. The van der Waals surface area contributed by atoms with Crippen molar-refractivity contribution in [1.82, 2.24) is 15.0 Å². The minimum atomic E-state index is -0.349. The summed E-state index contributed by atoms with van der Waals surface area (Å²) in [5, 5.41) is 1.18. The molecule has 206 valence electrons. The number of hydrogen-bond acceptors (Lipinski definition) is 8. The maximum absolute atomic E-state index is 12.7. The lowest BCUT2D eigenvalue weighted by atomic mass is 10.0. The monoisotopic (exact) mass is 580 g/mol. The summed E-state index contributed by atoms with van der Waals surface area (Å²) in [7, 11) is 0. The van der Waals surface area contributed by atoms with Crippen LogP contribution < -0.4 is 11.3 Å². The number of carbonyl (C=O) groups excluding carboxylic acids is 1. The number of benzene rings is 2. The topological polar surface area (TPSA) is 111 Å². The minimum Gasteiger partial charge on any atom is -0.462 e. The third kappa shape index (κ3) is 5.82. The number of aromatic nitrogens is 3. The Hall–Kier alpha value is -4.60. The Morgan fingerprint density at radius 3 is 2.05 bits per heavy atom. The van der Waals surface area contributed by atoms with Crippen LogP contribution in [0.3, 0.4) is 0 Å². The van der Waals surface area contributed by atoms with Crippen molar-refractivity contribution in [2.24, 2.45) is 0 Å². The maximum Gasteiger partial charge on any atom is 0.341 e. The van der Waals surface area contributed by atoms with Crippen molar-refractivity contribution < 1.29 is 9.53 Å². The molecule has 41 heavy (non-hydrogen) atoms. The van der Waals surface area contributed by atoms with Gasteiger partial charge in [-0.15, -0.1) is 22.7 Å². The Labute approximate surface area is 245 Å². The number of thiophene rings is 2. The van der Waals surface area contributed by atoms with Crippen LogP contribution in [0.15, 0.2) is 90.0 Å². The number of nitrogens with zero attached hydrogens (tertiary/aromatic N) is 2. The van der Waals surface area contributed by atoms with E-state index in [1.165, 1.54) is 11.3 Å². The molecule has 0 atom stereocenters. The number of esters is 1. The molecule has 3 N–H and O–H groups in total. The maximum atomic E-state index is 12.7. The fourth-order valence-electron chi connectivity index (χ4n) is 4.64. The van der Waals surface area contributed by atoms with Crippen LogP contribution in [0.25, 0.3) is 43.9 Å². The van der Waals surface area contributed by atoms with E-state index in [4.69, 9.17) is 10.5 Å². The van der Waals surface area contributed by atoms with Crippen molar-refractivity contribution in [1.29, 1.82) is 0 Å². The highest BCUT2D eigenvalue weighted by molar-refractivity contribution is 7.19. The standard InChI is InChI=1S/C18H13N3OS.C14H15NO2S/c1-11-14(12-5-3-2-4-6-12)15-17(22)20-16(21-18(15)23-11)13-7-9-19-10-8-13;1-3-17-14(16)12-11(9(2)18-13(12)15)10-7-5-4-6-8-10/h2-10H,1H3,(H,20,21,22);4-8H,3,15H2,1-2H3. The van der Waals surface area contributed by atoms with Gasteiger partial charge in [0.1, 0.15) is 21.2 Å². The van der Waals surface area contributed by atoms with Crippen molar-refractivity contribution in [3.05, 3.63) is 111 Å². The summed E-state index contributed by atoms with van der Waals surface area (Å²) >= 11 is 2.97. The molecule has 0 bridgehead atoms. The fourth-order valence-corrected chi connectivity index (χ4v) is 6.63. The highest BCUT2D eigenvalue weighted by Crippen LogP contribution is 2.38. The number of rotatable bonds is 5. The van der Waals surface area contributed by atoms with E-state index in [2.05, 4.69) is 15.0 Å². The second-order valence-electron chi connectivity index (χ2n) is 9.09. The fraction of sp³-hybridized carbons (Fsp3) is 0.125. The van der Waals surface area contributed by atoms with E-state index in [9.17, 15) is 9.59 Å². The number of nitrogens with one attached hydrogen (secondary N) is 1. The number of nitrogens with two attached hydrogens (primary N) is 1. The van der Waals surface area contributed by atoms with Crippen LogP contribution in [-0.2, 0) is 4.74 Å². The van der Waals surface area contributed by atoms with Gasteiger partial charge in [-0.2, -0.15) is 0 Å². The van der Waals surface area contributed by atoms with E-state index >= 15 is 0 Å². The Kier molecular flexibility index (Phi) is 8.37. The number of H-pyrrole nitrogens is 1. The Bertz CT molecular complexity index is 1860. The molecule has 0 radical (unpaired) electrons. The van der Waals surface area contributed by atoms with Gasteiger partial charge in [0, 0.05) is 38.8 Å². The molecule has 0 aliphatic heterocycles. The Morgan fingerprint density at radius 2 is 1.44 bits per heavy atom. The van der Waals surface area contributed by atoms with Crippen LogP contribution in [0, 0.1) is 13.8 Å². The van der Waals surface area contributed by atoms with Gasteiger partial charge in [-0.3, -0.25) is 9.78 Å². The molecule has 0 saturated heterocycles. The number of pyridine rings is 1. The molecule has 7 nitrogen and oxygen atoms in total. The molecular weight excluding hydrogens is 553 g/mol. The number of anilines is 1. The van der Waals surface area contributed by atoms with Crippen LogP contribution in [0.4, 0.5) is 5.00 Å². The smallest absolute Gasteiger partial charge is 0.341 e. The molecule has 4 heterocycles. The number of nitrogen functional groups attached to an aromatic ring is 1. The van der Waals surface area contributed by atoms with Gasteiger partial charge in [-0.05, 0) is 44.0 Å². The van der Waals surface area contributed by atoms with E-state index in [0.29, 0.717) is 28.4 Å². The molecule has 0 unspecified atom stereocenters. The summed E-state index contributed by atoms with van der Waals surface area (Å²) < 4.78 is 5.07. The molecule has 6 rings (SSSR count). The van der Waals surface area contributed by atoms with Crippen LogP contribution in [0.1, 0.15) is 27.0 Å². The predicted octanol–water partition coefficient (Wildman–Crippen LogP) is 7.50. The van der Waals surface area contributed by atoms with Crippen LogP contribution in [0.5, 0.6) is 0 Å². The van der Waals surface area contributed by atoms with Crippen molar-refractivity contribution in [2.45, 2.75) is 20.8 Å². The number of aromatic amines is 1. The molecule has 6 aromatic rings. The Balaban J connectivity index is 0.000000170. The van der Waals surface area contributed by atoms with Crippen molar-refractivity contribution in [2.75, 3.05) is 12.3 Å². The highest BCUT2D eigenvalue weighted by Gasteiger charge is 2.22. The first-order valence-corrected chi connectivity index (χ1v) is 14.6. The zero-order valence-electron chi connectivity index (χ0n) is 22.8. The number of fused-ring (bicyclic) bond motifs is 1. The zero-order chi connectivity index (χ0) is 28.9. The third-order valence-electron chi connectivity index (χ3n) is 6.41. The average molecular weight is 581 g/mol. The number of ether oxygens (including phenoxy) is 1. The van der Waals surface area contributed by atoms with Gasteiger partial charge in [-0.1, -0.05) is 60.7 Å². The normalized spacial score (nSPS) is 10.7. The van der Waals surface area contributed by atoms with Crippen molar-refractivity contribution in [3.8, 4) is 33.6 Å². The van der Waals surface area contributed by atoms with E-state index in [-0.39, 0.29) is 11.5 Å². The van der Waals surface area contributed by atoms with Gasteiger partial charge < -0.3 is 15.5 Å². The molecular formula is C32H28N4O3S2.